The molecule has 0 bridgehead atoms. The van der Waals surface area contributed by atoms with Crippen LogP contribution in [-0.2, 0) is 4.79 Å². The summed E-state index contributed by atoms with van der Waals surface area (Å²) in [6.45, 7) is 6.71. The lowest BCUT2D eigenvalue weighted by Gasteiger charge is -2.05. The predicted octanol–water partition coefficient (Wildman–Crippen LogP) is 4.68. The molecule has 0 spiro atoms. The summed E-state index contributed by atoms with van der Waals surface area (Å²) < 4.78 is 5.41. The maximum Gasteiger partial charge on any atom is 0.240 e. The normalized spacial score (nSPS) is 11.3. The third-order valence-electron chi connectivity index (χ3n) is 3.69. The third kappa shape index (κ3) is 8.38. The first-order valence-corrected chi connectivity index (χ1v) is 8.73. The van der Waals surface area contributed by atoms with Gasteiger partial charge in [-0.25, -0.2) is 5.43 Å². The van der Waals surface area contributed by atoms with E-state index < -0.39 is 0 Å². The van der Waals surface area contributed by atoms with Gasteiger partial charge in [0, 0.05) is 6.42 Å². The molecule has 0 saturated heterocycles. The van der Waals surface area contributed by atoms with Crippen molar-refractivity contribution in [3.05, 3.63) is 29.8 Å². The molecule has 0 saturated carbocycles. The number of nitrogens with zero attached hydrogens (tertiary/aromatic N) is 1. The number of hydrogen-bond acceptors (Lipinski definition) is 3. The molecule has 0 aromatic heterocycles. The fourth-order valence-electron chi connectivity index (χ4n) is 2.29. The summed E-state index contributed by atoms with van der Waals surface area (Å²) in [5, 5.41) is 4.17. The van der Waals surface area contributed by atoms with Gasteiger partial charge >= 0.3 is 0 Å². The van der Waals surface area contributed by atoms with Crippen molar-refractivity contribution in [2.45, 2.75) is 65.7 Å². The van der Waals surface area contributed by atoms with Gasteiger partial charge in [0.1, 0.15) is 5.75 Å². The third-order valence-corrected chi connectivity index (χ3v) is 3.69. The second-order valence-corrected chi connectivity index (χ2v) is 5.71. The van der Waals surface area contributed by atoms with Crippen LogP contribution in [0.2, 0.25) is 0 Å². The molecule has 0 radical (unpaired) electrons. The minimum Gasteiger partial charge on any atom is -0.494 e. The first kappa shape index (κ1) is 19.2. The van der Waals surface area contributed by atoms with Gasteiger partial charge in [0.15, 0.2) is 0 Å². The van der Waals surface area contributed by atoms with Gasteiger partial charge in [-0.3, -0.25) is 4.79 Å². The van der Waals surface area contributed by atoms with Crippen LogP contribution in [0.5, 0.6) is 5.75 Å². The molecule has 128 valence electrons. The van der Waals surface area contributed by atoms with Gasteiger partial charge in [-0.1, -0.05) is 39.0 Å². The van der Waals surface area contributed by atoms with Crippen LogP contribution in [0.1, 0.15) is 71.3 Å². The molecule has 0 heterocycles. The number of ether oxygens (including phenoxy) is 1. The Morgan fingerprint density at radius 3 is 2.35 bits per heavy atom. The second-order valence-electron chi connectivity index (χ2n) is 5.71. The Bertz CT molecular complexity index is 481. The molecule has 0 unspecified atom stereocenters. The van der Waals surface area contributed by atoms with E-state index in [1.165, 1.54) is 25.7 Å². The van der Waals surface area contributed by atoms with Gasteiger partial charge in [-0.15, -0.1) is 0 Å². The van der Waals surface area contributed by atoms with Crippen molar-refractivity contribution < 1.29 is 9.53 Å². The maximum atomic E-state index is 11.8. The summed E-state index contributed by atoms with van der Waals surface area (Å²) in [6, 6.07) is 7.72. The lowest BCUT2D eigenvalue weighted by molar-refractivity contribution is -0.121. The highest BCUT2D eigenvalue weighted by atomic mass is 16.5. The molecule has 4 nitrogen and oxygen atoms in total. The molecule has 4 heteroatoms. The van der Waals surface area contributed by atoms with Crippen molar-refractivity contribution in [1.82, 2.24) is 5.43 Å². The Morgan fingerprint density at radius 2 is 1.70 bits per heavy atom. The van der Waals surface area contributed by atoms with E-state index >= 15 is 0 Å². The zero-order valence-electron chi connectivity index (χ0n) is 14.7. The van der Waals surface area contributed by atoms with Gasteiger partial charge in [-0.05, 0) is 50.1 Å². The Balaban J connectivity index is 2.30. The standard InChI is InChI=1S/C19H30N2O2/c1-4-6-7-8-9-10-11-19(22)21-20-16(3)17-12-14-18(15-13-17)23-5-2/h12-15H,4-11H2,1-3H3,(H,21,22)/b20-16-. The topological polar surface area (TPSA) is 50.7 Å². The summed E-state index contributed by atoms with van der Waals surface area (Å²) in [5.41, 5.74) is 4.42. The largest absolute Gasteiger partial charge is 0.494 e. The van der Waals surface area contributed by atoms with E-state index in [4.69, 9.17) is 4.74 Å². The molecule has 23 heavy (non-hydrogen) atoms. The van der Waals surface area contributed by atoms with Crippen LogP contribution in [0.25, 0.3) is 0 Å². The number of unbranched alkanes of at least 4 members (excludes halogenated alkanes) is 5. The van der Waals surface area contributed by atoms with Crippen molar-refractivity contribution in [3.63, 3.8) is 0 Å². The fraction of sp³-hybridized carbons (Fsp3) is 0.579. The first-order chi connectivity index (χ1) is 11.2. The number of nitrogens with one attached hydrogen (secondary N) is 1. The van der Waals surface area contributed by atoms with E-state index in [2.05, 4.69) is 17.5 Å². The summed E-state index contributed by atoms with van der Waals surface area (Å²) in [7, 11) is 0. The number of carbonyl (C=O) groups excluding carboxylic acids is 1. The van der Waals surface area contributed by atoms with Gasteiger partial charge < -0.3 is 4.74 Å². The van der Waals surface area contributed by atoms with Crippen molar-refractivity contribution in [1.29, 1.82) is 0 Å². The van der Waals surface area contributed by atoms with E-state index in [1.54, 1.807) is 0 Å². The molecule has 1 rings (SSSR count). The highest BCUT2D eigenvalue weighted by Gasteiger charge is 2.02. The van der Waals surface area contributed by atoms with E-state index in [-0.39, 0.29) is 5.91 Å². The van der Waals surface area contributed by atoms with Crippen molar-refractivity contribution in [3.8, 4) is 5.75 Å². The Morgan fingerprint density at radius 1 is 1.04 bits per heavy atom. The fourth-order valence-corrected chi connectivity index (χ4v) is 2.29. The number of hydrazone groups is 1. The Hall–Kier alpha value is -1.84. The molecular formula is C19H30N2O2. The van der Waals surface area contributed by atoms with Crippen molar-refractivity contribution in [2.24, 2.45) is 5.10 Å². The lowest BCUT2D eigenvalue weighted by Crippen LogP contribution is -2.18. The summed E-state index contributed by atoms with van der Waals surface area (Å²) in [6.07, 6.45) is 7.63. The van der Waals surface area contributed by atoms with Crippen LogP contribution >= 0.6 is 0 Å². The average molecular weight is 318 g/mol. The smallest absolute Gasteiger partial charge is 0.240 e. The van der Waals surface area contributed by atoms with Gasteiger partial charge in [0.05, 0.1) is 12.3 Å². The van der Waals surface area contributed by atoms with Crippen LogP contribution in [0, 0.1) is 0 Å². The zero-order valence-corrected chi connectivity index (χ0v) is 14.7. The number of rotatable bonds is 11. The van der Waals surface area contributed by atoms with Crippen LogP contribution in [0.4, 0.5) is 0 Å². The van der Waals surface area contributed by atoms with Crippen molar-refractivity contribution in [2.75, 3.05) is 6.61 Å². The van der Waals surface area contributed by atoms with Crippen LogP contribution < -0.4 is 10.2 Å². The molecular weight excluding hydrogens is 288 g/mol. The number of amides is 1. The highest BCUT2D eigenvalue weighted by Crippen LogP contribution is 2.12. The average Bonchev–Trinajstić information content (AvgIpc) is 2.57. The van der Waals surface area contributed by atoms with Crippen molar-refractivity contribution >= 4 is 11.6 Å². The molecule has 0 aliphatic carbocycles. The molecule has 0 atom stereocenters. The molecule has 0 aliphatic rings. The van der Waals surface area contributed by atoms with E-state index in [0.29, 0.717) is 13.0 Å². The molecule has 0 fully saturated rings. The van der Waals surface area contributed by atoms with E-state index in [0.717, 1.165) is 29.9 Å². The zero-order chi connectivity index (χ0) is 16.9. The van der Waals surface area contributed by atoms with Crippen LogP contribution in [-0.4, -0.2) is 18.2 Å². The van der Waals surface area contributed by atoms with Gasteiger partial charge in [-0.2, -0.15) is 5.10 Å². The minimum atomic E-state index is -0.00854. The molecule has 1 amide bonds. The minimum absolute atomic E-state index is 0.00854. The number of benzene rings is 1. The van der Waals surface area contributed by atoms with Crippen LogP contribution in [0.3, 0.4) is 0 Å². The highest BCUT2D eigenvalue weighted by molar-refractivity contribution is 5.99. The number of hydrogen-bond donors (Lipinski definition) is 1. The molecule has 1 aromatic carbocycles. The number of carbonyl (C=O) groups is 1. The lowest BCUT2D eigenvalue weighted by atomic mass is 10.1. The maximum absolute atomic E-state index is 11.8. The quantitative estimate of drug-likeness (QED) is 0.366. The van der Waals surface area contributed by atoms with E-state index in [1.807, 2.05) is 38.1 Å². The summed E-state index contributed by atoms with van der Waals surface area (Å²) in [5.74, 6) is 0.835. The molecule has 0 aliphatic heterocycles. The Kier molecular flexibility index (Phi) is 9.76. The summed E-state index contributed by atoms with van der Waals surface area (Å²) >= 11 is 0. The SMILES string of the molecule is CCCCCCCCC(=O)N/N=C(/C)c1ccc(OCC)cc1. The summed E-state index contributed by atoms with van der Waals surface area (Å²) in [4.78, 5) is 11.8. The van der Waals surface area contributed by atoms with Gasteiger partial charge in [0.25, 0.3) is 0 Å². The molecule has 1 N–H and O–H groups in total. The predicted molar refractivity (Wildman–Crippen MR) is 96.0 cm³/mol. The second kappa shape index (κ2) is 11.7. The van der Waals surface area contributed by atoms with Crippen LogP contribution in [0.15, 0.2) is 29.4 Å². The first-order valence-electron chi connectivity index (χ1n) is 8.73. The van der Waals surface area contributed by atoms with Gasteiger partial charge in [0.2, 0.25) is 5.91 Å². The Labute approximate surface area is 140 Å². The monoisotopic (exact) mass is 318 g/mol. The molecule has 1 aromatic rings. The van der Waals surface area contributed by atoms with E-state index in [9.17, 15) is 4.79 Å².